The molecule has 0 bridgehead atoms. The minimum absolute atomic E-state index is 0.0891. The van der Waals surface area contributed by atoms with E-state index in [0.29, 0.717) is 17.8 Å². The van der Waals surface area contributed by atoms with Crippen molar-refractivity contribution in [3.05, 3.63) is 0 Å². The Kier molecular flexibility index (Phi) is 7.82. The Hall–Kier alpha value is 0.180. The first-order valence-electron chi connectivity index (χ1n) is 7.36. The summed E-state index contributed by atoms with van der Waals surface area (Å²) in [6.45, 7) is 5.56. The number of nitrogens with one attached hydrogen (secondary N) is 2. The summed E-state index contributed by atoms with van der Waals surface area (Å²) in [6.07, 6.45) is 6.05. The smallest absolute Gasteiger partial charge is 0.279 e. The molecule has 1 rings (SSSR count). The third-order valence-corrected chi connectivity index (χ3v) is 6.44. The Morgan fingerprint density at radius 3 is 2.65 bits per heavy atom. The maximum Gasteiger partial charge on any atom is 0.279 e. The highest BCUT2D eigenvalue weighted by Gasteiger charge is 2.31. The Labute approximate surface area is 128 Å². The van der Waals surface area contributed by atoms with E-state index in [-0.39, 0.29) is 6.04 Å². The van der Waals surface area contributed by atoms with Crippen molar-refractivity contribution in [2.75, 3.05) is 26.4 Å². The summed E-state index contributed by atoms with van der Waals surface area (Å²) in [4.78, 5) is 0. The lowest BCUT2D eigenvalue weighted by Gasteiger charge is -2.24. The van der Waals surface area contributed by atoms with Crippen LogP contribution in [0.4, 0.5) is 0 Å². The Balaban J connectivity index is 2.39. The molecule has 0 heterocycles. The van der Waals surface area contributed by atoms with Crippen LogP contribution in [0.1, 0.15) is 39.5 Å². The van der Waals surface area contributed by atoms with E-state index in [0.717, 1.165) is 32.2 Å². The average molecular weight is 324 g/mol. The fraction of sp³-hybridized carbons (Fsp3) is 1.00. The van der Waals surface area contributed by atoms with Crippen LogP contribution in [0.2, 0.25) is 0 Å². The fourth-order valence-electron chi connectivity index (χ4n) is 2.44. The van der Waals surface area contributed by atoms with Gasteiger partial charge in [0.2, 0.25) is 0 Å². The van der Waals surface area contributed by atoms with Crippen molar-refractivity contribution >= 4 is 22.0 Å². The van der Waals surface area contributed by atoms with E-state index in [9.17, 15) is 8.42 Å². The third kappa shape index (κ3) is 5.89. The second-order valence-electron chi connectivity index (χ2n) is 5.72. The molecule has 0 radical (unpaired) electrons. The molecule has 1 saturated carbocycles. The van der Waals surface area contributed by atoms with Gasteiger partial charge < -0.3 is 5.32 Å². The van der Waals surface area contributed by atoms with Gasteiger partial charge in [-0.3, -0.25) is 0 Å². The molecular formula is C13H29N3O2S2. The zero-order chi connectivity index (χ0) is 15.2. The van der Waals surface area contributed by atoms with Crippen LogP contribution in [0.25, 0.3) is 0 Å². The Morgan fingerprint density at radius 2 is 2.05 bits per heavy atom. The van der Waals surface area contributed by atoms with Crippen molar-refractivity contribution in [1.29, 1.82) is 0 Å². The number of nitrogens with zero attached hydrogens (tertiary/aromatic N) is 1. The lowest BCUT2D eigenvalue weighted by Crippen LogP contribution is -2.46. The zero-order valence-electron chi connectivity index (χ0n) is 13.1. The van der Waals surface area contributed by atoms with Crippen LogP contribution in [-0.4, -0.2) is 56.4 Å². The second kappa shape index (κ2) is 8.58. The molecule has 0 spiro atoms. The molecule has 7 heteroatoms. The summed E-state index contributed by atoms with van der Waals surface area (Å²) in [5.74, 6) is 0. The van der Waals surface area contributed by atoms with Crippen molar-refractivity contribution in [1.82, 2.24) is 14.3 Å². The minimum Gasteiger partial charge on any atom is -0.314 e. The molecule has 1 aliphatic carbocycles. The SMILES string of the molecule is CSC1CCCC1NS(=O)(=O)N(C)CCCNC(C)C. The van der Waals surface area contributed by atoms with E-state index in [1.54, 1.807) is 18.8 Å². The maximum absolute atomic E-state index is 12.3. The van der Waals surface area contributed by atoms with Crippen LogP contribution < -0.4 is 10.0 Å². The van der Waals surface area contributed by atoms with E-state index in [1.165, 1.54) is 4.31 Å². The molecule has 0 saturated heterocycles. The molecule has 1 fully saturated rings. The first kappa shape index (κ1) is 18.2. The first-order valence-corrected chi connectivity index (χ1v) is 10.1. The molecule has 20 heavy (non-hydrogen) atoms. The lowest BCUT2D eigenvalue weighted by atomic mass is 10.3. The molecule has 0 amide bonds. The molecule has 5 nitrogen and oxygen atoms in total. The number of rotatable bonds is 9. The molecule has 0 aliphatic heterocycles. The third-order valence-electron chi connectivity index (χ3n) is 3.67. The first-order chi connectivity index (χ1) is 9.36. The molecule has 2 atom stereocenters. The highest BCUT2D eigenvalue weighted by molar-refractivity contribution is 7.99. The molecule has 2 unspecified atom stereocenters. The van der Waals surface area contributed by atoms with Gasteiger partial charge in [0, 0.05) is 30.9 Å². The molecule has 0 aromatic carbocycles. The van der Waals surface area contributed by atoms with E-state index < -0.39 is 10.2 Å². The van der Waals surface area contributed by atoms with Gasteiger partial charge in [-0.15, -0.1) is 0 Å². The zero-order valence-corrected chi connectivity index (χ0v) is 14.7. The minimum atomic E-state index is -3.35. The fourth-order valence-corrected chi connectivity index (χ4v) is 4.67. The van der Waals surface area contributed by atoms with Crippen LogP contribution in [0, 0.1) is 0 Å². The lowest BCUT2D eigenvalue weighted by molar-refractivity contribution is 0.431. The van der Waals surface area contributed by atoms with Crippen molar-refractivity contribution in [2.45, 2.75) is 56.9 Å². The summed E-state index contributed by atoms with van der Waals surface area (Å²) in [5.41, 5.74) is 0. The van der Waals surface area contributed by atoms with Gasteiger partial charge in [-0.1, -0.05) is 20.3 Å². The van der Waals surface area contributed by atoms with Gasteiger partial charge in [0.05, 0.1) is 0 Å². The summed E-state index contributed by atoms with van der Waals surface area (Å²) < 4.78 is 28.8. The monoisotopic (exact) mass is 323 g/mol. The standard InChI is InChI=1S/C13H29N3O2S2/c1-11(2)14-9-6-10-16(3)20(17,18)15-12-7-5-8-13(12)19-4/h11-15H,5-10H2,1-4H3. The van der Waals surface area contributed by atoms with Gasteiger partial charge in [0.15, 0.2) is 0 Å². The predicted octanol–water partition coefficient (Wildman–Crippen LogP) is 1.42. The molecule has 1 aliphatic rings. The molecule has 0 aromatic heterocycles. The number of hydrogen-bond donors (Lipinski definition) is 2. The van der Waals surface area contributed by atoms with Gasteiger partial charge in [-0.05, 0) is 32.1 Å². The summed E-state index contributed by atoms with van der Waals surface area (Å²) in [6, 6.07) is 0.530. The number of hydrogen-bond acceptors (Lipinski definition) is 4. The van der Waals surface area contributed by atoms with Gasteiger partial charge >= 0.3 is 0 Å². The molecule has 120 valence electrons. The Bertz CT molecular complexity index is 374. The predicted molar refractivity (Wildman–Crippen MR) is 87.4 cm³/mol. The van der Waals surface area contributed by atoms with Gasteiger partial charge in [0.1, 0.15) is 0 Å². The molecule has 2 N–H and O–H groups in total. The van der Waals surface area contributed by atoms with E-state index >= 15 is 0 Å². The topological polar surface area (TPSA) is 61.4 Å². The average Bonchev–Trinajstić information content (AvgIpc) is 2.80. The van der Waals surface area contributed by atoms with E-state index in [2.05, 4.69) is 30.1 Å². The van der Waals surface area contributed by atoms with Crippen LogP contribution in [0.5, 0.6) is 0 Å². The highest BCUT2D eigenvalue weighted by atomic mass is 32.2. The van der Waals surface area contributed by atoms with Crippen molar-refractivity contribution in [3.8, 4) is 0 Å². The molecule has 0 aromatic rings. The summed E-state index contributed by atoms with van der Waals surface area (Å²) >= 11 is 1.76. The van der Waals surface area contributed by atoms with Gasteiger partial charge in [0.25, 0.3) is 10.2 Å². The maximum atomic E-state index is 12.3. The van der Waals surface area contributed by atoms with Crippen LogP contribution in [-0.2, 0) is 10.2 Å². The summed E-state index contributed by atoms with van der Waals surface area (Å²) in [7, 11) is -1.69. The van der Waals surface area contributed by atoms with Crippen molar-refractivity contribution < 1.29 is 8.42 Å². The quantitative estimate of drug-likeness (QED) is 0.630. The van der Waals surface area contributed by atoms with Gasteiger partial charge in [-0.25, -0.2) is 0 Å². The number of thioether (sulfide) groups is 1. The van der Waals surface area contributed by atoms with Crippen LogP contribution in [0.3, 0.4) is 0 Å². The van der Waals surface area contributed by atoms with Crippen LogP contribution in [0.15, 0.2) is 0 Å². The summed E-state index contributed by atoms with van der Waals surface area (Å²) in [5, 5.41) is 3.71. The van der Waals surface area contributed by atoms with E-state index in [4.69, 9.17) is 0 Å². The molecular weight excluding hydrogens is 294 g/mol. The van der Waals surface area contributed by atoms with Crippen molar-refractivity contribution in [2.24, 2.45) is 0 Å². The van der Waals surface area contributed by atoms with E-state index in [1.807, 2.05) is 0 Å². The Morgan fingerprint density at radius 1 is 1.35 bits per heavy atom. The van der Waals surface area contributed by atoms with Gasteiger partial charge in [-0.2, -0.15) is 29.2 Å². The largest absolute Gasteiger partial charge is 0.314 e. The van der Waals surface area contributed by atoms with Crippen LogP contribution >= 0.6 is 11.8 Å². The van der Waals surface area contributed by atoms with Crippen molar-refractivity contribution in [3.63, 3.8) is 0 Å². The normalized spacial score (nSPS) is 23.9. The second-order valence-corrected chi connectivity index (χ2v) is 8.60. The highest BCUT2D eigenvalue weighted by Crippen LogP contribution is 2.28.